The summed E-state index contributed by atoms with van der Waals surface area (Å²) in [5, 5.41) is 6.69. The van der Waals surface area contributed by atoms with Crippen molar-refractivity contribution in [2.45, 2.75) is 38.3 Å². The van der Waals surface area contributed by atoms with Crippen LogP contribution in [0.5, 0.6) is 0 Å². The first kappa shape index (κ1) is 22.9. The molecule has 0 aliphatic heterocycles. The predicted molar refractivity (Wildman–Crippen MR) is 124 cm³/mol. The molecular formula is C22H25N3O4S2. The third-order valence-electron chi connectivity index (χ3n) is 4.83. The van der Waals surface area contributed by atoms with Crippen LogP contribution in [0.1, 0.15) is 28.1 Å². The van der Waals surface area contributed by atoms with Crippen LogP contribution in [0.15, 0.2) is 51.9 Å². The highest BCUT2D eigenvalue weighted by molar-refractivity contribution is 7.99. The van der Waals surface area contributed by atoms with E-state index in [1.54, 1.807) is 12.1 Å². The minimum Gasteiger partial charge on any atom is -0.361 e. The van der Waals surface area contributed by atoms with Gasteiger partial charge in [-0.2, -0.15) is 0 Å². The second-order valence-corrected chi connectivity index (χ2v) is 9.91. The van der Waals surface area contributed by atoms with E-state index in [1.165, 1.54) is 23.9 Å². The summed E-state index contributed by atoms with van der Waals surface area (Å²) in [4.78, 5) is 12.3. The number of aromatic nitrogens is 1. The number of para-hydroxylation sites is 1. The Morgan fingerprint density at radius 3 is 2.26 bits per heavy atom. The SMILES string of the molecule is Cc1cccc(C)c1NS(=O)(=O)c1ccc(NC(=O)CSCc2c(C)noc2C)cc1. The van der Waals surface area contributed by atoms with Gasteiger partial charge in [0.05, 0.1) is 22.0 Å². The third-order valence-corrected chi connectivity index (χ3v) is 7.15. The summed E-state index contributed by atoms with van der Waals surface area (Å²) in [5.41, 5.74) is 4.65. The van der Waals surface area contributed by atoms with Gasteiger partial charge in [-0.3, -0.25) is 9.52 Å². The van der Waals surface area contributed by atoms with Crippen LogP contribution in [-0.2, 0) is 20.6 Å². The summed E-state index contributed by atoms with van der Waals surface area (Å²) in [6.07, 6.45) is 0. The molecule has 0 atom stereocenters. The highest BCUT2D eigenvalue weighted by Gasteiger charge is 2.17. The number of sulfonamides is 1. The first-order valence-electron chi connectivity index (χ1n) is 9.66. The molecule has 0 aliphatic carbocycles. The molecular weight excluding hydrogens is 434 g/mol. The molecule has 0 bridgehead atoms. The molecule has 0 unspecified atom stereocenters. The molecule has 3 aromatic rings. The smallest absolute Gasteiger partial charge is 0.261 e. The summed E-state index contributed by atoms with van der Waals surface area (Å²) in [6.45, 7) is 7.43. The van der Waals surface area contributed by atoms with E-state index in [0.717, 1.165) is 28.1 Å². The molecule has 0 radical (unpaired) electrons. The van der Waals surface area contributed by atoms with Crippen molar-refractivity contribution < 1.29 is 17.7 Å². The number of hydrogen-bond acceptors (Lipinski definition) is 6. The molecule has 0 saturated heterocycles. The number of nitrogens with one attached hydrogen (secondary N) is 2. The normalized spacial score (nSPS) is 11.4. The Labute approximate surface area is 186 Å². The molecule has 0 saturated carbocycles. The Morgan fingerprint density at radius 2 is 1.68 bits per heavy atom. The summed E-state index contributed by atoms with van der Waals surface area (Å²) in [5.74, 6) is 1.49. The van der Waals surface area contributed by atoms with E-state index >= 15 is 0 Å². The zero-order chi connectivity index (χ0) is 22.6. The predicted octanol–water partition coefficient (Wildman–Crippen LogP) is 4.58. The van der Waals surface area contributed by atoms with Crippen LogP contribution < -0.4 is 10.0 Å². The minimum absolute atomic E-state index is 0.126. The number of carbonyl (C=O) groups excluding carboxylic acids is 1. The lowest BCUT2D eigenvalue weighted by Crippen LogP contribution is -2.16. The standard InChI is InChI=1S/C22H25N3O4S2/c1-14-6-5-7-15(2)22(14)25-31(27,28)19-10-8-18(9-11-19)23-21(26)13-30-12-20-16(3)24-29-17(20)4/h5-11,25H,12-13H2,1-4H3,(H,23,26). The summed E-state index contributed by atoms with van der Waals surface area (Å²) in [6, 6.07) is 11.7. The summed E-state index contributed by atoms with van der Waals surface area (Å²) in [7, 11) is -3.73. The lowest BCUT2D eigenvalue weighted by molar-refractivity contribution is -0.113. The average molecular weight is 460 g/mol. The van der Waals surface area contributed by atoms with Crippen LogP contribution in [0.2, 0.25) is 0 Å². The Kier molecular flexibility index (Phi) is 7.07. The summed E-state index contributed by atoms with van der Waals surface area (Å²) < 4.78 is 33.2. The molecule has 0 spiro atoms. The number of thioether (sulfide) groups is 1. The zero-order valence-electron chi connectivity index (χ0n) is 17.9. The number of rotatable bonds is 8. The maximum atomic E-state index is 12.7. The third kappa shape index (κ3) is 5.68. The molecule has 1 amide bonds. The highest BCUT2D eigenvalue weighted by Crippen LogP contribution is 2.24. The van der Waals surface area contributed by atoms with Gasteiger partial charge in [0.15, 0.2) is 0 Å². The number of aryl methyl sites for hydroxylation is 4. The number of anilines is 2. The molecule has 0 aliphatic rings. The van der Waals surface area contributed by atoms with E-state index in [4.69, 9.17) is 4.52 Å². The highest BCUT2D eigenvalue weighted by atomic mass is 32.2. The van der Waals surface area contributed by atoms with Gasteiger partial charge in [-0.1, -0.05) is 23.4 Å². The average Bonchev–Trinajstić information content (AvgIpc) is 3.03. The van der Waals surface area contributed by atoms with Gasteiger partial charge in [0, 0.05) is 17.0 Å². The molecule has 1 heterocycles. The first-order valence-corrected chi connectivity index (χ1v) is 12.3. The fourth-order valence-corrected chi connectivity index (χ4v) is 5.22. The Bertz CT molecular complexity index is 1150. The quantitative estimate of drug-likeness (QED) is 0.511. The van der Waals surface area contributed by atoms with Crippen LogP contribution in [0.4, 0.5) is 11.4 Å². The lowest BCUT2D eigenvalue weighted by Gasteiger charge is -2.13. The van der Waals surface area contributed by atoms with E-state index in [1.807, 2.05) is 45.9 Å². The van der Waals surface area contributed by atoms with Gasteiger partial charge in [0.1, 0.15) is 5.76 Å². The van der Waals surface area contributed by atoms with Crippen molar-refractivity contribution in [3.05, 3.63) is 70.6 Å². The number of hydrogen-bond donors (Lipinski definition) is 2. The van der Waals surface area contributed by atoms with E-state index in [-0.39, 0.29) is 16.6 Å². The van der Waals surface area contributed by atoms with Crippen molar-refractivity contribution in [3.8, 4) is 0 Å². The molecule has 1 aromatic heterocycles. The van der Waals surface area contributed by atoms with Gasteiger partial charge in [0.25, 0.3) is 10.0 Å². The number of amides is 1. The van der Waals surface area contributed by atoms with E-state index in [2.05, 4.69) is 15.2 Å². The van der Waals surface area contributed by atoms with Crippen LogP contribution >= 0.6 is 11.8 Å². The fraction of sp³-hybridized carbons (Fsp3) is 0.273. The number of nitrogens with zero attached hydrogens (tertiary/aromatic N) is 1. The van der Waals surface area contributed by atoms with E-state index in [0.29, 0.717) is 17.1 Å². The topological polar surface area (TPSA) is 101 Å². The maximum Gasteiger partial charge on any atom is 0.261 e. The second-order valence-electron chi connectivity index (χ2n) is 7.24. The van der Waals surface area contributed by atoms with Crippen molar-refractivity contribution in [3.63, 3.8) is 0 Å². The number of carbonyl (C=O) groups is 1. The van der Waals surface area contributed by atoms with Crippen LogP contribution in [0, 0.1) is 27.7 Å². The molecule has 31 heavy (non-hydrogen) atoms. The van der Waals surface area contributed by atoms with Crippen LogP contribution in [0.3, 0.4) is 0 Å². The maximum absolute atomic E-state index is 12.7. The van der Waals surface area contributed by atoms with E-state index in [9.17, 15) is 13.2 Å². The molecule has 3 rings (SSSR count). The van der Waals surface area contributed by atoms with Gasteiger partial charge in [0.2, 0.25) is 5.91 Å². The second kappa shape index (κ2) is 9.57. The monoisotopic (exact) mass is 459 g/mol. The van der Waals surface area contributed by atoms with E-state index < -0.39 is 10.0 Å². The fourth-order valence-electron chi connectivity index (χ4n) is 3.04. The molecule has 0 fully saturated rings. The molecule has 164 valence electrons. The van der Waals surface area contributed by atoms with Gasteiger partial charge >= 0.3 is 0 Å². The number of benzene rings is 2. The van der Waals surface area contributed by atoms with Gasteiger partial charge in [-0.05, 0) is 63.1 Å². The van der Waals surface area contributed by atoms with Gasteiger partial charge < -0.3 is 9.84 Å². The Balaban J connectivity index is 1.58. The molecule has 2 N–H and O–H groups in total. The lowest BCUT2D eigenvalue weighted by atomic mass is 10.1. The summed E-state index contributed by atoms with van der Waals surface area (Å²) >= 11 is 1.46. The van der Waals surface area contributed by atoms with Crippen molar-refractivity contribution in [2.75, 3.05) is 15.8 Å². The largest absolute Gasteiger partial charge is 0.361 e. The van der Waals surface area contributed by atoms with Crippen molar-refractivity contribution >= 4 is 39.1 Å². The van der Waals surface area contributed by atoms with Crippen molar-refractivity contribution in [2.24, 2.45) is 0 Å². The molecule has 7 nitrogen and oxygen atoms in total. The minimum atomic E-state index is -3.73. The Hall–Kier alpha value is -2.78. The molecule has 2 aromatic carbocycles. The van der Waals surface area contributed by atoms with Crippen LogP contribution in [0.25, 0.3) is 0 Å². The van der Waals surface area contributed by atoms with Crippen molar-refractivity contribution in [1.29, 1.82) is 0 Å². The Morgan fingerprint density at radius 1 is 1.03 bits per heavy atom. The van der Waals surface area contributed by atoms with Gasteiger partial charge in [-0.15, -0.1) is 11.8 Å². The first-order chi connectivity index (χ1) is 14.7. The molecule has 9 heteroatoms. The zero-order valence-corrected chi connectivity index (χ0v) is 19.5. The van der Waals surface area contributed by atoms with Crippen LogP contribution in [-0.4, -0.2) is 25.2 Å². The van der Waals surface area contributed by atoms with Crippen molar-refractivity contribution in [1.82, 2.24) is 5.16 Å². The van der Waals surface area contributed by atoms with Gasteiger partial charge in [-0.25, -0.2) is 8.42 Å².